The first kappa shape index (κ1) is 21.4. The molecule has 8 nitrogen and oxygen atoms in total. The molecule has 0 bridgehead atoms. The lowest BCUT2D eigenvalue weighted by atomic mass is 10.0. The maximum absolute atomic E-state index is 12.2. The third-order valence-electron chi connectivity index (χ3n) is 3.62. The van der Waals surface area contributed by atoms with E-state index in [4.69, 9.17) is 20.1 Å². The number of nitrogens with zero attached hydrogens (tertiary/aromatic N) is 1. The number of esters is 2. The Balaban J connectivity index is 3.16. The fourth-order valence-corrected chi connectivity index (χ4v) is 2.38. The zero-order chi connectivity index (χ0) is 19.7. The smallest absolute Gasteiger partial charge is 0.302 e. The maximum Gasteiger partial charge on any atom is 0.302 e. The van der Waals surface area contributed by atoms with Crippen LogP contribution in [-0.4, -0.2) is 44.6 Å². The molecule has 0 amide bonds. The molecular formula is C18H26N2O6. The molecule has 1 aromatic rings. The highest BCUT2D eigenvalue weighted by Crippen LogP contribution is 2.33. The predicted octanol–water partition coefficient (Wildman–Crippen LogP) is 1.64. The van der Waals surface area contributed by atoms with Crippen molar-refractivity contribution >= 4 is 23.4 Å². The Morgan fingerprint density at radius 2 is 1.69 bits per heavy atom. The van der Waals surface area contributed by atoms with E-state index in [0.717, 1.165) is 0 Å². The second-order valence-electron chi connectivity index (χ2n) is 5.59. The van der Waals surface area contributed by atoms with Gasteiger partial charge in [0.25, 0.3) is 0 Å². The van der Waals surface area contributed by atoms with Gasteiger partial charge in [-0.2, -0.15) is 0 Å². The molecular weight excluding hydrogens is 340 g/mol. The first-order chi connectivity index (χ1) is 12.3. The summed E-state index contributed by atoms with van der Waals surface area (Å²) in [6.07, 6.45) is 0.714. The van der Waals surface area contributed by atoms with Crippen molar-refractivity contribution in [2.24, 2.45) is 5.84 Å². The molecule has 0 atom stereocenters. The van der Waals surface area contributed by atoms with Gasteiger partial charge in [-0.15, -0.1) is 0 Å². The molecule has 0 radical (unpaired) electrons. The molecule has 0 fully saturated rings. The highest BCUT2D eigenvalue weighted by Gasteiger charge is 2.18. The van der Waals surface area contributed by atoms with Crippen LogP contribution in [0.3, 0.4) is 0 Å². The van der Waals surface area contributed by atoms with Gasteiger partial charge in [-0.3, -0.25) is 14.4 Å². The number of ether oxygens (including phenoxy) is 3. The Bertz CT molecular complexity index is 659. The molecule has 144 valence electrons. The van der Waals surface area contributed by atoms with Gasteiger partial charge in [-0.1, -0.05) is 6.92 Å². The van der Waals surface area contributed by atoms with Gasteiger partial charge in [0, 0.05) is 37.8 Å². The average molecular weight is 366 g/mol. The number of hydrazine groups is 1. The fourth-order valence-electron chi connectivity index (χ4n) is 2.38. The van der Waals surface area contributed by atoms with Crippen molar-refractivity contribution in [3.63, 3.8) is 0 Å². The van der Waals surface area contributed by atoms with E-state index in [9.17, 15) is 14.4 Å². The number of anilines is 1. The molecule has 1 rings (SSSR count). The van der Waals surface area contributed by atoms with Crippen molar-refractivity contribution in [2.75, 3.05) is 31.9 Å². The number of carbonyl (C=O) groups is 3. The van der Waals surface area contributed by atoms with Gasteiger partial charge in [-0.05, 0) is 12.1 Å². The molecule has 8 heteroatoms. The lowest BCUT2D eigenvalue weighted by Gasteiger charge is -2.23. The molecule has 26 heavy (non-hydrogen) atoms. The zero-order valence-electron chi connectivity index (χ0n) is 15.7. The minimum absolute atomic E-state index is 0.0453. The number of hydrogen-bond acceptors (Lipinski definition) is 8. The van der Waals surface area contributed by atoms with E-state index in [0.29, 0.717) is 35.4 Å². The Hall–Kier alpha value is -2.61. The summed E-state index contributed by atoms with van der Waals surface area (Å²) in [7, 11) is 1.50. The van der Waals surface area contributed by atoms with Gasteiger partial charge in [0.1, 0.15) is 12.4 Å². The van der Waals surface area contributed by atoms with Crippen LogP contribution in [0.4, 0.5) is 5.69 Å². The summed E-state index contributed by atoms with van der Waals surface area (Å²) >= 11 is 0. The molecule has 2 N–H and O–H groups in total. The van der Waals surface area contributed by atoms with E-state index in [1.165, 1.54) is 26.0 Å². The molecule has 0 aromatic heterocycles. The predicted molar refractivity (Wildman–Crippen MR) is 96.1 cm³/mol. The second-order valence-corrected chi connectivity index (χ2v) is 5.59. The largest absolute Gasteiger partial charge is 0.494 e. The molecule has 1 aromatic carbocycles. The lowest BCUT2D eigenvalue weighted by Crippen LogP contribution is -2.35. The van der Waals surface area contributed by atoms with Crippen LogP contribution in [0.1, 0.15) is 43.1 Å². The first-order valence-electron chi connectivity index (χ1n) is 8.33. The Labute approximate surface area is 153 Å². The molecule has 0 saturated heterocycles. The van der Waals surface area contributed by atoms with Crippen LogP contribution in [0, 0.1) is 0 Å². The maximum atomic E-state index is 12.2. The van der Waals surface area contributed by atoms with E-state index < -0.39 is 5.97 Å². The molecule has 0 aliphatic rings. The molecule has 0 aliphatic carbocycles. The van der Waals surface area contributed by atoms with Crippen molar-refractivity contribution in [3.05, 3.63) is 23.3 Å². The van der Waals surface area contributed by atoms with Gasteiger partial charge in [0.05, 0.1) is 25.9 Å². The van der Waals surface area contributed by atoms with Gasteiger partial charge < -0.3 is 19.2 Å². The van der Waals surface area contributed by atoms with Crippen molar-refractivity contribution in [1.82, 2.24) is 0 Å². The number of Topliss-reactive ketones (excluding diaryl/α,β-unsaturated/α-hetero) is 1. The van der Waals surface area contributed by atoms with Crippen LogP contribution in [-0.2, 0) is 25.5 Å². The normalized spacial score (nSPS) is 10.2. The van der Waals surface area contributed by atoms with Crippen molar-refractivity contribution in [2.45, 2.75) is 33.6 Å². The number of ketones is 1. The number of rotatable bonds is 10. The Morgan fingerprint density at radius 3 is 2.23 bits per heavy atom. The Kier molecular flexibility index (Phi) is 8.57. The van der Waals surface area contributed by atoms with Crippen molar-refractivity contribution in [1.29, 1.82) is 0 Å². The Morgan fingerprint density at radius 1 is 1.08 bits per heavy atom. The van der Waals surface area contributed by atoms with Crippen LogP contribution < -0.4 is 15.6 Å². The second kappa shape index (κ2) is 10.4. The van der Waals surface area contributed by atoms with E-state index in [1.54, 1.807) is 19.1 Å². The zero-order valence-corrected chi connectivity index (χ0v) is 15.7. The van der Waals surface area contributed by atoms with Crippen LogP contribution >= 0.6 is 0 Å². The summed E-state index contributed by atoms with van der Waals surface area (Å²) in [6.45, 7) is 4.90. The van der Waals surface area contributed by atoms with Crippen LogP contribution in [0.25, 0.3) is 0 Å². The van der Waals surface area contributed by atoms with Crippen molar-refractivity contribution in [3.8, 4) is 5.75 Å². The molecule has 0 saturated carbocycles. The SMILES string of the molecule is CCC(=O)c1cc(CCOC(C)=O)c(OC)c(N(N)CCOC(C)=O)c1. The average Bonchev–Trinajstić information content (AvgIpc) is 2.59. The summed E-state index contributed by atoms with van der Waals surface area (Å²) in [4.78, 5) is 34.1. The molecule has 0 unspecified atom stereocenters. The minimum atomic E-state index is -0.401. The van der Waals surface area contributed by atoms with Gasteiger partial charge >= 0.3 is 11.9 Å². The topological polar surface area (TPSA) is 108 Å². The van der Waals surface area contributed by atoms with E-state index in [1.807, 2.05) is 0 Å². The standard InChI is InChI=1S/C18H26N2O6/c1-5-17(23)15-10-14(6-8-25-12(2)21)18(24-4)16(11-15)20(19)7-9-26-13(3)22/h10-11H,5-9,19H2,1-4H3. The number of carbonyl (C=O) groups excluding carboxylic acids is 3. The molecule has 0 heterocycles. The molecule has 0 spiro atoms. The number of methoxy groups -OCH3 is 1. The van der Waals surface area contributed by atoms with E-state index in [-0.39, 0.29) is 31.5 Å². The number of nitrogens with two attached hydrogens (primary N) is 1. The summed E-state index contributed by atoms with van der Waals surface area (Å²) in [5.41, 5.74) is 1.69. The quantitative estimate of drug-likeness (QED) is 0.288. The fraction of sp³-hybridized carbons (Fsp3) is 0.500. The van der Waals surface area contributed by atoms with Crippen molar-refractivity contribution < 1.29 is 28.6 Å². The third-order valence-corrected chi connectivity index (χ3v) is 3.62. The van der Waals surface area contributed by atoms with E-state index in [2.05, 4.69) is 0 Å². The van der Waals surface area contributed by atoms with Crippen LogP contribution in [0.15, 0.2) is 12.1 Å². The monoisotopic (exact) mass is 366 g/mol. The van der Waals surface area contributed by atoms with Gasteiger partial charge in [0.2, 0.25) is 0 Å². The third kappa shape index (κ3) is 6.36. The highest BCUT2D eigenvalue weighted by atomic mass is 16.5. The highest BCUT2D eigenvalue weighted by molar-refractivity contribution is 5.97. The van der Waals surface area contributed by atoms with E-state index >= 15 is 0 Å². The summed E-state index contributed by atoms with van der Waals surface area (Å²) in [5.74, 6) is 5.73. The number of hydrogen-bond donors (Lipinski definition) is 1. The van der Waals surface area contributed by atoms with Gasteiger partial charge in [0.15, 0.2) is 5.78 Å². The number of benzene rings is 1. The summed E-state index contributed by atoms with van der Waals surface area (Å²) in [6, 6.07) is 3.37. The van der Waals surface area contributed by atoms with Gasteiger partial charge in [-0.25, -0.2) is 5.84 Å². The summed E-state index contributed by atoms with van der Waals surface area (Å²) in [5, 5.41) is 1.36. The molecule has 0 aliphatic heterocycles. The van der Waals surface area contributed by atoms with Crippen LogP contribution in [0.5, 0.6) is 5.75 Å². The minimum Gasteiger partial charge on any atom is -0.494 e. The van der Waals surface area contributed by atoms with Crippen LogP contribution in [0.2, 0.25) is 0 Å². The first-order valence-corrected chi connectivity index (χ1v) is 8.33. The summed E-state index contributed by atoms with van der Waals surface area (Å²) < 4.78 is 15.4. The lowest BCUT2D eigenvalue weighted by molar-refractivity contribution is -0.141.